The van der Waals surface area contributed by atoms with Crippen LogP contribution >= 0.6 is 0 Å². The van der Waals surface area contributed by atoms with E-state index in [2.05, 4.69) is 23.7 Å². The highest BCUT2D eigenvalue weighted by Crippen LogP contribution is 2.38. The molecule has 0 unspecified atom stereocenters. The lowest BCUT2D eigenvalue weighted by atomic mass is 9.78. The van der Waals surface area contributed by atoms with Gasteiger partial charge in [-0.15, -0.1) is 0 Å². The number of carbonyl (C=O) groups is 1. The molecule has 2 aromatic rings. The minimum atomic E-state index is -0.280. The maximum Gasteiger partial charge on any atom is 0.230 e. The van der Waals surface area contributed by atoms with Crippen LogP contribution in [0.2, 0.25) is 0 Å². The second-order valence-electron chi connectivity index (χ2n) is 12.5. The fraction of sp³-hybridized carbons (Fsp3) is 0.559. The van der Waals surface area contributed by atoms with Crippen LogP contribution in [0.1, 0.15) is 89.8 Å². The van der Waals surface area contributed by atoms with Gasteiger partial charge in [0.15, 0.2) is 5.82 Å². The molecule has 41 heavy (non-hydrogen) atoms. The fourth-order valence-electron chi connectivity index (χ4n) is 6.33. The van der Waals surface area contributed by atoms with Crippen LogP contribution in [0.5, 0.6) is 0 Å². The van der Waals surface area contributed by atoms with Gasteiger partial charge in [-0.05, 0) is 120 Å². The molecule has 1 aromatic heterocycles. The molecule has 0 radical (unpaired) electrons. The fourth-order valence-corrected chi connectivity index (χ4v) is 6.33. The Morgan fingerprint density at radius 2 is 1.76 bits per heavy atom. The van der Waals surface area contributed by atoms with Crippen molar-refractivity contribution in [2.45, 2.75) is 90.1 Å². The summed E-state index contributed by atoms with van der Waals surface area (Å²) in [5.74, 6) is 3.34. The number of hydrogen-bond donors (Lipinski definition) is 1. The summed E-state index contributed by atoms with van der Waals surface area (Å²) in [5, 5.41) is 14.8. The van der Waals surface area contributed by atoms with Crippen LogP contribution in [0.3, 0.4) is 0 Å². The Balaban J connectivity index is 1.29. The summed E-state index contributed by atoms with van der Waals surface area (Å²) in [6, 6.07) is 8.17. The summed E-state index contributed by atoms with van der Waals surface area (Å²) in [5.41, 5.74) is 4.15. The van der Waals surface area contributed by atoms with Gasteiger partial charge in [0, 0.05) is 24.1 Å². The van der Waals surface area contributed by atoms with E-state index in [9.17, 15) is 9.90 Å². The van der Waals surface area contributed by atoms with E-state index >= 15 is 0 Å². The van der Waals surface area contributed by atoms with E-state index < -0.39 is 0 Å². The topological polar surface area (TPSA) is 80.5 Å². The number of rotatable bonds is 10. The molecule has 1 aromatic carbocycles. The largest absolute Gasteiger partial charge is 0.497 e. The molecule has 7 nitrogen and oxygen atoms in total. The number of hydrogen-bond acceptors (Lipinski definition) is 5. The normalized spacial score (nSPS) is 24.7. The zero-order chi connectivity index (χ0) is 28.9. The van der Waals surface area contributed by atoms with Crippen LogP contribution < -0.4 is 4.90 Å². The van der Waals surface area contributed by atoms with E-state index in [0.717, 1.165) is 85.5 Å². The van der Waals surface area contributed by atoms with E-state index in [1.165, 1.54) is 0 Å². The Bertz CT molecular complexity index is 1270. The summed E-state index contributed by atoms with van der Waals surface area (Å²) in [6.07, 6.45) is 15.2. The molecule has 3 fully saturated rings. The van der Waals surface area contributed by atoms with Crippen molar-refractivity contribution < 1.29 is 14.6 Å². The third-order valence-corrected chi connectivity index (χ3v) is 9.14. The van der Waals surface area contributed by atoms with Crippen molar-refractivity contribution in [2.24, 2.45) is 17.8 Å². The van der Waals surface area contributed by atoms with Gasteiger partial charge >= 0.3 is 0 Å². The molecule has 7 heteroatoms. The molecule has 0 saturated heterocycles. The number of ether oxygens (including phenoxy) is 1. The van der Waals surface area contributed by atoms with Crippen molar-refractivity contribution in [3.63, 3.8) is 0 Å². The summed E-state index contributed by atoms with van der Waals surface area (Å²) in [7, 11) is 1.70. The van der Waals surface area contributed by atoms with Gasteiger partial charge < -0.3 is 14.7 Å². The van der Waals surface area contributed by atoms with E-state index in [1.807, 2.05) is 47.7 Å². The summed E-state index contributed by atoms with van der Waals surface area (Å²) in [6.45, 7) is 9.18. The van der Waals surface area contributed by atoms with E-state index in [0.29, 0.717) is 37.1 Å². The number of benzene rings is 1. The molecule has 220 valence electrons. The minimum Gasteiger partial charge on any atom is -0.497 e. The highest BCUT2D eigenvalue weighted by Gasteiger charge is 2.33. The number of methoxy groups -OCH3 is 1. The number of aliphatic hydroxyl groups excluding tert-OH is 1. The highest BCUT2D eigenvalue weighted by atomic mass is 16.5. The van der Waals surface area contributed by atoms with Gasteiger partial charge in [0.05, 0.1) is 18.9 Å². The van der Waals surface area contributed by atoms with Crippen molar-refractivity contribution in [1.82, 2.24) is 14.8 Å². The molecule has 3 saturated carbocycles. The van der Waals surface area contributed by atoms with Gasteiger partial charge in [0.2, 0.25) is 5.91 Å². The van der Waals surface area contributed by atoms with Gasteiger partial charge in [-0.25, -0.2) is 9.67 Å². The maximum absolute atomic E-state index is 14.0. The number of aromatic nitrogens is 3. The highest BCUT2D eigenvalue weighted by molar-refractivity contribution is 5.95. The second kappa shape index (κ2) is 13.2. The average Bonchev–Trinajstić information content (AvgIpc) is 3.72. The molecule has 5 rings (SSSR count). The number of nitrogens with zero attached hydrogens (tertiary/aromatic N) is 4. The van der Waals surface area contributed by atoms with Gasteiger partial charge in [-0.1, -0.05) is 24.3 Å². The predicted octanol–water partition coefficient (Wildman–Crippen LogP) is 6.89. The van der Waals surface area contributed by atoms with Crippen molar-refractivity contribution in [2.75, 3.05) is 18.6 Å². The SMILES string of the molecule is C=C(/C=C\C(OC)=C(C)C)C1CCC(CN(C(=O)C2CCC(O)CC2)c2cccc(-n3cnc(C4CC4)n3)c2)CC1. The first-order valence-electron chi connectivity index (χ1n) is 15.4. The number of allylic oxidation sites excluding steroid dienone is 4. The molecule has 3 aliphatic rings. The third kappa shape index (κ3) is 7.37. The summed E-state index contributed by atoms with van der Waals surface area (Å²) in [4.78, 5) is 20.6. The van der Waals surface area contributed by atoms with E-state index in [4.69, 9.17) is 9.84 Å². The molecule has 1 N–H and O–H groups in total. The summed E-state index contributed by atoms with van der Waals surface area (Å²) >= 11 is 0. The lowest BCUT2D eigenvalue weighted by Crippen LogP contribution is -2.42. The molecule has 0 bridgehead atoms. The number of aliphatic hydroxyl groups is 1. The van der Waals surface area contributed by atoms with Gasteiger partial charge in [-0.3, -0.25) is 4.79 Å². The number of carbonyl (C=O) groups excluding carboxylic acids is 1. The Labute approximate surface area is 245 Å². The van der Waals surface area contributed by atoms with Gasteiger partial charge in [-0.2, -0.15) is 5.10 Å². The predicted molar refractivity (Wildman–Crippen MR) is 163 cm³/mol. The Morgan fingerprint density at radius 3 is 2.41 bits per heavy atom. The average molecular weight is 559 g/mol. The molecule has 0 spiro atoms. The molecule has 3 aliphatic carbocycles. The third-order valence-electron chi connectivity index (χ3n) is 9.14. The first kappa shape index (κ1) is 29.3. The Hall–Kier alpha value is -3.19. The van der Waals surface area contributed by atoms with Crippen LogP contribution in [0.15, 0.2) is 66.2 Å². The Morgan fingerprint density at radius 1 is 1.05 bits per heavy atom. The lowest BCUT2D eigenvalue weighted by molar-refractivity contribution is -0.124. The van der Waals surface area contributed by atoms with Crippen LogP contribution in [0, 0.1) is 17.8 Å². The molecular weight excluding hydrogens is 512 g/mol. The zero-order valence-electron chi connectivity index (χ0n) is 25.0. The minimum absolute atomic E-state index is 0.0405. The second-order valence-corrected chi connectivity index (χ2v) is 12.5. The van der Waals surface area contributed by atoms with Gasteiger partial charge in [0.1, 0.15) is 12.1 Å². The molecule has 0 aliphatic heterocycles. The number of amides is 1. The lowest BCUT2D eigenvalue weighted by Gasteiger charge is -2.36. The van der Waals surface area contributed by atoms with Crippen molar-refractivity contribution >= 4 is 11.6 Å². The van der Waals surface area contributed by atoms with Crippen molar-refractivity contribution in [3.05, 3.63) is 72.1 Å². The molecular formula is C34H46N4O3. The van der Waals surface area contributed by atoms with E-state index in [-0.39, 0.29) is 17.9 Å². The maximum atomic E-state index is 14.0. The van der Waals surface area contributed by atoms with Crippen LogP contribution in [0.25, 0.3) is 5.69 Å². The standard InChI is InChI=1S/C34H46N4O3/c1-23(2)32(41-4)19-8-24(3)26-11-9-25(10-12-26)21-37(34(40)28-15-17-31(39)18-16-28)29-6-5-7-30(20-29)38-22-35-33(36-38)27-13-14-27/h5-8,19-20,22,25-28,31,39H,3,9-18,21H2,1-2,4H3/b19-8-. The first-order valence-corrected chi connectivity index (χ1v) is 15.4. The quantitative estimate of drug-likeness (QED) is 0.254. The van der Waals surface area contributed by atoms with E-state index in [1.54, 1.807) is 13.4 Å². The molecule has 1 heterocycles. The number of anilines is 1. The smallest absolute Gasteiger partial charge is 0.230 e. The first-order chi connectivity index (χ1) is 19.8. The summed E-state index contributed by atoms with van der Waals surface area (Å²) < 4.78 is 7.31. The van der Waals surface area contributed by atoms with Crippen molar-refractivity contribution in [1.29, 1.82) is 0 Å². The molecule has 0 atom stereocenters. The Kier molecular flexibility index (Phi) is 9.43. The van der Waals surface area contributed by atoms with Crippen LogP contribution in [-0.4, -0.2) is 45.5 Å². The monoisotopic (exact) mass is 558 g/mol. The van der Waals surface area contributed by atoms with Crippen molar-refractivity contribution in [3.8, 4) is 5.69 Å². The van der Waals surface area contributed by atoms with Crippen LogP contribution in [-0.2, 0) is 9.53 Å². The van der Waals surface area contributed by atoms with Crippen LogP contribution in [0.4, 0.5) is 5.69 Å². The zero-order valence-corrected chi connectivity index (χ0v) is 25.0. The van der Waals surface area contributed by atoms with Gasteiger partial charge in [0.25, 0.3) is 0 Å². The molecule has 1 amide bonds.